The van der Waals surface area contributed by atoms with Gasteiger partial charge in [0.15, 0.2) is 0 Å². The number of hydrogen-bond acceptors (Lipinski definition) is 4. The van der Waals surface area contributed by atoms with E-state index in [1.165, 1.54) is 0 Å². The molecule has 2 aromatic rings. The zero-order valence-corrected chi connectivity index (χ0v) is 10.5. The van der Waals surface area contributed by atoms with Crippen molar-refractivity contribution in [3.63, 3.8) is 0 Å². The predicted octanol–water partition coefficient (Wildman–Crippen LogP) is 0.949. The van der Waals surface area contributed by atoms with Gasteiger partial charge in [-0.3, -0.25) is 4.68 Å². The van der Waals surface area contributed by atoms with Gasteiger partial charge in [-0.1, -0.05) is 0 Å². The number of morpholine rings is 1. The molecule has 5 nitrogen and oxygen atoms in total. The number of hydrogen-bond donors (Lipinski definition) is 1. The first-order valence-electron chi connectivity index (χ1n) is 6.23. The third kappa shape index (κ3) is 2.19. The number of rotatable bonds is 2. The van der Waals surface area contributed by atoms with Crippen LogP contribution >= 0.6 is 0 Å². The Hall–Kier alpha value is -1.59. The molecule has 0 radical (unpaired) electrons. The minimum atomic E-state index is 0.202. The van der Waals surface area contributed by atoms with E-state index in [1.807, 2.05) is 29.1 Å². The SMILES string of the molecule is CN1CCOC(Cn2ncc3ccc(N)cc32)C1. The molecule has 1 aromatic heterocycles. The van der Waals surface area contributed by atoms with E-state index in [0.717, 1.165) is 42.8 Å². The third-order valence-corrected chi connectivity index (χ3v) is 3.39. The van der Waals surface area contributed by atoms with Gasteiger partial charge in [0, 0.05) is 24.2 Å². The lowest BCUT2D eigenvalue weighted by atomic mass is 10.2. The van der Waals surface area contributed by atoms with Gasteiger partial charge in [-0.05, 0) is 25.2 Å². The summed E-state index contributed by atoms with van der Waals surface area (Å²) < 4.78 is 7.75. The van der Waals surface area contributed by atoms with Crippen LogP contribution < -0.4 is 5.73 Å². The van der Waals surface area contributed by atoms with Gasteiger partial charge in [-0.25, -0.2) is 0 Å². The van der Waals surface area contributed by atoms with Gasteiger partial charge in [0.05, 0.1) is 31.0 Å². The minimum absolute atomic E-state index is 0.202. The Kier molecular flexibility index (Phi) is 2.93. The normalized spacial score (nSPS) is 21.5. The number of ether oxygens (including phenoxy) is 1. The molecule has 1 unspecified atom stereocenters. The fourth-order valence-electron chi connectivity index (χ4n) is 2.40. The first kappa shape index (κ1) is 11.5. The summed E-state index contributed by atoms with van der Waals surface area (Å²) in [5.41, 5.74) is 7.67. The molecular formula is C13H18N4O. The molecule has 2 N–H and O–H groups in total. The smallest absolute Gasteiger partial charge is 0.0898 e. The molecule has 1 aliphatic rings. The summed E-state index contributed by atoms with van der Waals surface area (Å²) in [6, 6.07) is 5.87. The number of fused-ring (bicyclic) bond motifs is 1. The summed E-state index contributed by atoms with van der Waals surface area (Å²) in [7, 11) is 2.12. The van der Waals surface area contributed by atoms with Crippen molar-refractivity contribution in [3.05, 3.63) is 24.4 Å². The van der Waals surface area contributed by atoms with Gasteiger partial charge in [-0.15, -0.1) is 0 Å². The second-order valence-electron chi connectivity index (χ2n) is 4.90. The van der Waals surface area contributed by atoms with Crippen molar-refractivity contribution >= 4 is 16.6 Å². The van der Waals surface area contributed by atoms with E-state index in [4.69, 9.17) is 10.5 Å². The highest BCUT2D eigenvalue weighted by atomic mass is 16.5. The Labute approximate surface area is 106 Å². The molecule has 3 rings (SSSR count). The summed E-state index contributed by atoms with van der Waals surface area (Å²) in [5.74, 6) is 0. The summed E-state index contributed by atoms with van der Waals surface area (Å²) in [6.07, 6.45) is 2.08. The van der Waals surface area contributed by atoms with Gasteiger partial charge in [0.2, 0.25) is 0 Å². The average molecular weight is 246 g/mol. The van der Waals surface area contributed by atoms with Crippen LogP contribution in [0.2, 0.25) is 0 Å². The number of nitrogens with two attached hydrogens (primary N) is 1. The molecular weight excluding hydrogens is 228 g/mol. The van der Waals surface area contributed by atoms with Gasteiger partial charge in [-0.2, -0.15) is 5.10 Å². The van der Waals surface area contributed by atoms with E-state index in [1.54, 1.807) is 0 Å². The average Bonchev–Trinajstić information content (AvgIpc) is 2.72. The molecule has 0 bridgehead atoms. The molecule has 0 amide bonds. The van der Waals surface area contributed by atoms with Crippen molar-refractivity contribution in [2.75, 3.05) is 32.5 Å². The van der Waals surface area contributed by atoms with Crippen LogP contribution in [0.5, 0.6) is 0 Å². The highest BCUT2D eigenvalue weighted by Gasteiger charge is 2.19. The monoisotopic (exact) mass is 246 g/mol. The molecule has 1 atom stereocenters. The standard InChI is InChI=1S/C13H18N4O/c1-16-4-5-18-12(8-16)9-17-13-6-11(14)3-2-10(13)7-15-17/h2-3,6-7,12H,4-5,8-9,14H2,1H3. The number of nitrogens with zero attached hydrogens (tertiary/aromatic N) is 3. The molecule has 0 aliphatic carbocycles. The largest absolute Gasteiger partial charge is 0.399 e. The fraction of sp³-hybridized carbons (Fsp3) is 0.462. The molecule has 2 heterocycles. The predicted molar refractivity (Wildman–Crippen MR) is 71.4 cm³/mol. The Morgan fingerprint density at radius 3 is 3.22 bits per heavy atom. The van der Waals surface area contributed by atoms with Crippen LogP contribution in [0.15, 0.2) is 24.4 Å². The van der Waals surface area contributed by atoms with Crippen LogP contribution in [0.3, 0.4) is 0 Å². The van der Waals surface area contributed by atoms with E-state index in [2.05, 4.69) is 17.0 Å². The Bertz CT molecular complexity index is 551. The van der Waals surface area contributed by atoms with Crippen molar-refractivity contribution in [1.29, 1.82) is 0 Å². The molecule has 1 aromatic carbocycles. The Balaban J connectivity index is 1.83. The molecule has 96 valence electrons. The van der Waals surface area contributed by atoms with Crippen molar-refractivity contribution in [3.8, 4) is 0 Å². The maximum atomic E-state index is 5.83. The van der Waals surface area contributed by atoms with Crippen molar-refractivity contribution < 1.29 is 4.74 Å². The van der Waals surface area contributed by atoms with E-state index in [9.17, 15) is 0 Å². The van der Waals surface area contributed by atoms with E-state index in [0.29, 0.717) is 0 Å². The number of benzene rings is 1. The quantitative estimate of drug-likeness (QED) is 0.802. The lowest BCUT2D eigenvalue weighted by molar-refractivity contribution is -0.0284. The number of nitrogen functional groups attached to an aromatic ring is 1. The molecule has 18 heavy (non-hydrogen) atoms. The second-order valence-corrected chi connectivity index (χ2v) is 4.90. The van der Waals surface area contributed by atoms with E-state index >= 15 is 0 Å². The highest BCUT2D eigenvalue weighted by Crippen LogP contribution is 2.18. The third-order valence-electron chi connectivity index (χ3n) is 3.39. The van der Waals surface area contributed by atoms with E-state index in [-0.39, 0.29) is 6.10 Å². The van der Waals surface area contributed by atoms with Crippen LogP contribution in [-0.4, -0.2) is 47.5 Å². The lowest BCUT2D eigenvalue weighted by Crippen LogP contribution is -2.42. The van der Waals surface area contributed by atoms with Gasteiger partial charge >= 0.3 is 0 Å². The lowest BCUT2D eigenvalue weighted by Gasteiger charge is -2.30. The fourth-order valence-corrected chi connectivity index (χ4v) is 2.40. The van der Waals surface area contributed by atoms with Crippen molar-refractivity contribution in [2.45, 2.75) is 12.6 Å². The minimum Gasteiger partial charge on any atom is -0.399 e. The zero-order valence-electron chi connectivity index (χ0n) is 10.5. The maximum absolute atomic E-state index is 5.83. The molecule has 0 spiro atoms. The van der Waals surface area contributed by atoms with Crippen LogP contribution in [0, 0.1) is 0 Å². The van der Waals surface area contributed by atoms with Crippen LogP contribution in [-0.2, 0) is 11.3 Å². The Morgan fingerprint density at radius 1 is 1.50 bits per heavy atom. The number of likely N-dealkylation sites (N-methyl/N-ethyl adjacent to an activating group) is 1. The van der Waals surface area contributed by atoms with E-state index < -0.39 is 0 Å². The highest BCUT2D eigenvalue weighted by molar-refractivity contribution is 5.81. The van der Waals surface area contributed by atoms with Crippen molar-refractivity contribution in [2.24, 2.45) is 0 Å². The van der Waals surface area contributed by atoms with Crippen LogP contribution in [0.25, 0.3) is 10.9 Å². The van der Waals surface area contributed by atoms with Gasteiger partial charge in [0.1, 0.15) is 0 Å². The van der Waals surface area contributed by atoms with Crippen LogP contribution in [0.4, 0.5) is 5.69 Å². The van der Waals surface area contributed by atoms with Crippen molar-refractivity contribution in [1.82, 2.24) is 14.7 Å². The first-order chi connectivity index (χ1) is 8.72. The van der Waals surface area contributed by atoms with Gasteiger partial charge in [0.25, 0.3) is 0 Å². The first-order valence-corrected chi connectivity index (χ1v) is 6.23. The Morgan fingerprint density at radius 2 is 2.39 bits per heavy atom. The van der Waals surface area contributed by atoms with Gasteiger partial charge < -0.3 is 15.4 Å². The number of aromatic nitrogens is 2. The summed E-state index contributed by atoms with van der Waals surface area (Å²) >= 11 is 0. The number of anilines is 1. The molecule has 1 saturated heterocycles. The zero-order chi connectivity index (χ0) is 12.5. The summed E-state index contributed by atoms with van der Waals surface area (Å²) in [6.45, 7) is 3.52. The maximum Gasteiger partial charge on any atom is 0.0898 e. The summed E-state index contributed by atoms with van der Waals surface area (Å²) in [4.78, 5) is 2.29. The second kappa shape index (κ2) is 4.59. The molecule has 1 fully saturated rings. The summed E-state index contributed by atoms with van der Waals surface area (Å²) in [5, 5.41) is 5.54. The topological polar surface area (TPSA) is 56.3 Å². The molecule has 1 aliphatic heterocycles. The molecule has 0 saturated carbocycles. The van der Waals surface area contributed by atoms with Crippen LogP contribution in [0.1, 0.15) is 0 Å². The molecule has 5 heteroatoms.